The molecule has 0 heterocycles. The maximum atomic E-state index is 14.3. The summed E-state index contributed by atoms with van der Waals surface area (Å²) in [5, 5.41) is 14.3. The lowest BCUT2D eigenvalue weighted by Crippen LogP contribution is -2.63. The van der Waals surface area contributed by atoms with E-state index < -0.39 is 53.9 Å². The Hall–Kier alpha value is -3.28. The fraction of sp³-hybridized carbons (Fsp3) is 0.765. The van der Waals surface area contributed by atoms with Crippen LogP contribution in [0.15, 0.2) is 12.2 Å². The average molecular weight is 652 g/mol. The molecule has 0 aliphatic rings. The number of allylic oxidation sites excluding steroid dienone is 2. The molecule has 0 bridgehead atoms. The average Bonchev–Trinajstić information content (AvgIpc) is 2.96. The van der Waals surface area contributed by atoms with Crippen molar-refractivity contribution < 1.29 is 33.9 Å². The van der Waals surface area contributed by atoms with Crippen molar-refractivity contribution in [2.45, 2.75) is 118 Å². The topological polar surface area (TPSA) is 148 Å². The molecule has 0 aromatic rings. The zero-order valence-corrected chi connectivity index (χ0v) is 30.5. The number of nitrogens with zero attached hydrogens (tertiary/aromatic N) is 4. The maximum absolute atomic E-state index is 14.3. The van der Waals surface area contributed by atoms with Crippen LogP contribution in [-0.2, 0) is 28.8 Å². The van der Waals surface area contributed by atoms with Crippen LogP contribution in [0.5, 0.6) is 0 Å². The van der Waals surface area contributed by atoms with Gasteiger partial charge in [-0.3, -0.25) is 24.0 Å². The molecule has 264 valence electrons. The van der Waals surface area contributed by atoms with Gasteiger partial charge in [-0.2, -0.15) is 0 Å². The van der Waals surface area contributed by atoms with Gasteiger partial charge in [-0.1, -0.05) is 53.7 Å². The van der Waals surface area contributed by atoms with Crippen LogP contribution in [0, 0.1) is 17.8 Å². The summed E-state index contributed by atoms with van der Waals surface area (Å²) in [6, 6.07) is -4.05. The van der Waals surface area contributed by atoms with Gasteiger partial charge in [0.25, 0.3) is 0 Å². The van der Waals surface area contributed by atoms with E-state index in [0.29, 0.717) is 32.1 Å². The van der Waals surface area contributed by atoms with E-state index >= 15 is 0 Å². The highest BCUT2D eigenvalue weighted by Gasteiger charge is 2.43. The number of carbonyl (C=O) groups is 6. The molecule has 0 aliphatic heterocycles. The Morgan fingerprint density at radius 1 is 0.761 bits per heavy atom. The zero-order valence-electron chi connectivity index (χ0n) is 30.5. The Labute approximate surface area is 276 Å². The smallest absolute Gasteiger partial charge is 0.246 e. The number of hydrogen-bond donors (Lipinski definition) is 2. The minimum atomic E-state index is -1.38. The van der Waals surface area contributed by atoms with Crippen LogP contribution in [0.2, 0.25) is 0 Å². The first-order valence-electron chi connectivity index (χ1n) is 16.3. The van der Waals surface area contributed by atoms with Crippen molar-refractivity contribution in [3.05, 3.63) is 12.2 Å². The molecule has 0 rings (SSSR count). The van der Waals surface area contributed by atoms with Gasteiger partial charge in [0.05, 0.1) is 6.10 Å². The molecule has 0 aromatic heterocycles. The number of carbonyl (C=O) groups excluding carboxylic acids is 6. The second-order valence-corrected chi connectivity index (χ2v) is 13.4. The van der Waals surface area contributed by atoms with Gasteiger partial charge in [-0.05, 0) is 50.4 Å². The lowest BCUT2D eigenvalue weighted by atomic mass is 9.91. The molecule has 0 aliphatic carbocycles. The van der Waals surface area contributed by atoms with E-state index in [1.165, 1.54) is 47.5 Å². The number of nitrogens with one attached hydrogen (secondary N) is 1. The largest absolute Gasteiger partial charge is 0.390 e. The summed E-state index contributed by atoms with van der Waals surface area (Å²) in [6.07, 6.45) is 4.37. The summed E-state index contributed by atoms with van der Waals surface area (Å²) < 4.78 is 0. The monoisotopic (exact) mass is 651 g/mol. The maximum Gasteiger partial charge on any atom is 0.246 e. The van der Waals surface area contributed by atoms with Crippen LogP contribution in [0.4, 0.5) is 0 Å². The summed E-state index contributed by atoms with van der Waals surface area (Å²) in [5.41, 5.74) is 0. The summed E-state index contributed by atoms with van der Waals surface area (Å²) >= 11 is 0. The van der Waals surface area contributed by atoms with Crippen molar-refractivity contribution >= 4 is 35.3 Å². The third-order valence-electron chi connectivity index (χ3n) is 8.33. The lowest BCUT2D eigenvalue weighted by molar-refractivity contribution is -0.156. The highest BCUT2D eigenvalue weighted by molar-refractivity contribution is 5.95. The lowest BCUT2D eigenvalue weighted by Gasteiger charge is -2.40. The van der Waals surface area contributed by atoms with Crippen molar-refractivity contribution in [3.8, 4) is 0 Å². The predicted octanol–water partition coefficient (Wildman–Crippen LogP) is 2.48. The fourth-order valence-corrected chi connectivity index (χ4v) is 5.34. The van der Waals surface area contributed by atoms with Gasteiger partial charge >= 0.3 is 0 Å². The Morgan fingerprint density at radius 2 is 1.30 bits per heavy atom. The first-order chi connectivity index (χ1) is 21.2. The van der Waals surface area contributed by atoms with Crippen molar-refractivity contribution in [1.29, 1.82) is 0 Å². The van der Waals surface area contributed by atoms with Crippen molar-refractivity contribution in [2.75, 3.05) is 35.2 Å². The third-order valence-corrected chi connectivity index (χ3v) is 8.33. The highest BCUT2D eigenvalue weighted by atomic mass is 16.3. The molecular formula is C34H61N5O7. The van der Waals surface area contributed by atoms with Gasteiger partial charge in [0, 0.05) is 48.6 Å². The number of amides is 5. The van der Waals surface area contributed by atoms with Crippen LogP contribution in [-0.4, -0.2) is 126 Å². The first-order valence-corrected chi connectivity index (χ1v) is 16.3. The molecule has 0 aromatic carbocycles. The second-order valence-electron chi connectivity index (χ2n) is 13.4. The number of ketones is 1. The van der Waals surface area contributed by atoms with Crippen LogP contribution < -0.4 is 5.32 Å². The number of aliphatic hydroxyl groups is 1. The fourth-order valence-electron chi connectivity index (χ4n) is 5.34. The Balaban J connectivity index is 6.60. The third kappa shape index (κ3) is 12.8. The number of aliphatic hydroxyl groups excluding tert-OH is 1. The number of likely N-dealkylation sites (N-methyl/N-ethyl adjacent to an activating group) is 4. The molecule has 0 fully saturated rings. The Bertz CT molecular complexity index is 1070. The summed E-state index contributed by atoms with van der Waals surface area (Å²) in [7, 11) is 7.65. The molecule has 0 spiro atoms. The van der Waals surface area contributed by atoms with Gasteiger partial charge in [0.2, 0.25) is 29.5 Å². The van der Waals surface area contributed by atoms with E-state index in [1.54, 1.807) is 48.8 Å². The van der Waals surface area contributed by atoms with Crippen LogP contribution in [0.25, 0.3) is 0 Å². The number of hydrogen-bond acceptors (Lipinski definition) is 7. The molecule has 12 heteroatoms. The van der Waals surface area contributed by atoms with Gasteiger partial charge < -0.3 is 34.8 Å². The standard InChI is InChI=1S/C34H61N5O7/c1-14-26(32(44)36(9)10)35-31(43)29(30(42)23(6)18-16-15-17-19-24(7)40)39(13)34(46)28(22(4)5)38(12)33(45)27(20-21(2)3)37(11)25(8)41/h15-16,21-23,26-30,42H,14,17-20H2,1-13H3,(H,35,43)/b16-15+. The van der Waals surface area contributed by atoms with Crippen LogP contribution >= 0.6 is 0 Å². The molecule has 2 N–H and O–H groups in total. The number of Topliss-reactive ketones (excluding diaryl/α,β-unsaturated/α-hetero) is 1. The van der Waals surface area contributed by atoms with Crippen molar-refractivity contribution in [3.63, 3.8) is 0 Å². The first kappa shape index (κ1) is 42.7. The SMILES string of the molecule is CCC(NC(=O)C(C(O)C(C)C/C=C/CCC(C)=O)N(C)C(=O)C(C(C)C)N(C)C(=O)C(CC(C)C)N(C)C(C)=O)C(=O)N(C)C. The molecule has 5 amide bonds. The van der Waals surface area contributed by atoms with Crippen molar-refractivity contribution in [1.82, 2.24) is 24.9 Å². The normalized spacial score (nSPS) is 15.5. The Morgan fingerprint density at radius 3 is 1.74 bits per heavy atom. The Kier molecular flexibility index (Phi) is 18.6. The summed E-state index contributed by atoms with van der Waals surface area (Å²) in [4.78, 5) is 83.5. The molecule has 0 saturated carbocycles. The van der Waals surface area contributed by atoms with Gasteiger partial charge in [-0.15, -0.1) is 0 Å². The molecule has 0 saturated heterocycles. The quantitative estimate of drug-likeness (QED) is 0.204. The zero-order chi connectivity index (χ0) is 36.0. The van der Waals surface area contributed by atoms with Crippen LogP contribution in [0.3, 0.4) is 0 Å². The molecule has 6 atom stereocenters. The van der Waals surface area contributed by atoms with E-state index in [2.05, 4.69) is 5.32 Å². The minimum Gasteiger partial charge on any atom is -0.390 e. The van der Waals surface area contributed by atoms with Crippen molar-refractivity contribution in [2.24, 2.45) is 17.8 Å². The molecular weight excluding hydrogens is 590 g/mol. The van der Waals surface area contributed by atoms with E-state index in [9.17, 15) is 33.9 Å². The van der Waals surface area contributed by atoms with Gasteiger partial charge in [0.15, 0.2) is 0 Å². The van der Waals surface area contributed by atoms with Gasteiger partial charge in [0.1, 0.15) is 30.0 Å². The molecule has 12 nitrogen and oxygen atoms in total. The van der Waals surface area contributed by atoms with Crippen LogP contribution in [0.1, 0.15) is 87.5 Å². The summed E-state index contributed by atoms with van der Waals surface area (Å²) in [6.45, 7) is 13.9. The second kappa shape index (κ2) is 20.1. The molecule has 6 unspecified atom stereocenters. The summed E-state index contributed by atoms with van der Waals surface area (Å²) in [5.74, 6) is -2.96. The molecule has 46 heavy (non-hydrogen) atoms. The highest BCUT2D eigenvalue weighted by Crippen LogP contribution is 2.23. The minimum absolute atomic E-state index is 0.0685. The van der Waals surface area contributed by atoms with E-state index in [-0.39, 0.29) is 29.4 Å². The van der Waals surface area contributed by atoms with E-state index in [0.717, 1.165) is 0 Å². The molecule has 0 radical (unpaired) electrons. The number of rotatable bonds is 19. The van der Waals surface area contributed by atoms with Gasteiger partial charge in [-0.25, -0.2) is 0 Å². The predicted molar refractivity (Wildman–Crippen MR) is 179 cm³/mol. The van der Waals surface area contributed by atoms with E-state index in [4.69, 9.17) is 0 Å². The van der Waals surface area contributed by atoms with E-state index in [1.807, 2.05) is 26.0 Å².